The number of aryl methyl sites for hydroxylation is 5. The fourth-order valence-corrected chi connectivity index (χ4v) is 21.3. The number of likely N-dealkylation sites (N-methyl/N-ethyl adjacent to an activating group) is 2. The second-order valence-corrected chi connectivity index (χ2v) is 41.6. The van der Waals surface area contributed by atoms with Gasteiger partial charge >= 0.3 is 11.9 Å². The number of ether oxygens (including phenoxy) is 12. The number of carbonyl (C=O) groups excluding carboxylic acids is 4. The van der Waals surface area contributed by atoms with E-state index in [1.54, 1.807) is 89.3 Å². The van der Waals surface area contributed by atoms with E-state index in [9.17, 15) is 75.5 Å². The fraction of sp³-hybridized carbons (Fsp3) is 0.704. The zero-order valence-corrected chi connectivity index (χ0v) is 99.2. The predicted molar refractivity (Wildman–Crippen MR) is 533 cm³/mol. The first kappa shape index (κ1) is 135. The number of hydrogen-bond donors (Lipinski definition) is 10. The van der Waals surface area contributed by atoms with Crippen LogP contribution in [0.4, 0.5) is 0 Å². The molecule has 0 saturated carbocycles. The van der Waals surface area contributed by atoms with Gasteiger partial charge in [-0.1, -0.05) is 157 Å². The maximum Gasteiger partial charge on any atom is 0.311 e. The Bertz CT molecular complexity index is 4690. The number of nitrogens with zero attached hydrogens (tertiary/aromatic N) is 5. The van der Waals surface area contributed by atoms with E-state index in [2.05, 4.69) is 45.7 Å². The molecule has 6 aliphatic rings. The van der Waals surface area contributed by atoms with Crippen molar-refractivity contribution >= 4 is 23.5 Å². The van der Waals surface area contributed by atoms with Crippen molar-refractivity contribution in [1.82, 2.24) is 20.1 Å². The van der Waals surface area contributed by atoms with E-state index in [1.165, 1.54) is 72.5 Å². The molecule has 3 aromatic carbocycles. The van der Waals surface area contributed by atoms with Crippen LogP contribution in [0, 0.1) is 80.9 Å². The van der Waals surface area contributed by atoms with Crippen molar-refractivity contribution in [2.45, 2.75) is 410 Å². The number of aliphatic hydroxyl groups is 10. The molecule has 6 fully saturated rings. The Labute approximate surface area is 936 Å². The molecule has 34 nitrogen and oxygen atoms in total. The first-order valence-corrected chi connectivity index (χ1v) is 49.6. The molecule has 36 atom stereocenters. The number of hydrogen-bond acceptors (Lipinski definition) is 33. The van der Waals surface area contributed by atoms with Crippen molar-refractivity contribution in [2.75, 3.05) is 28.3 Å². The summed E-state index contributed by atoms with van der Waals surface area (Å²) in [6.45, 7) is 33.4. The first-order valence-electron chi connectivity index (χ1n) is 49.6. The van der Waals surface area contributed by atoms with E-state index in [-0.39, 0.29) is 159 Å². The van der Waals surface area contributed by atoms with E-state index in [0.717, 1.165) is 36.2 Å². The Balaban J connectivity index is 0.000000647. The fourth-order valence-electron chi connectivity index (χ4n) is 21.3. The van der Waals surface area contributed by atoms with Gasteiger partial charge in [0.15, 0.2) is 30.9 Å². The number of benzene rings is 3. The van der Waals surface area contributed by atoms with E-state index in [0.29, 0.717) is 51.0 Å². The van der Waals surface area contributed by atoms with Crippen LogP contribution >= 0.6 is 0 Å². The maximum atomic E-state index is 14.3. The zero-order chi connectivity index (χ0) is 103. The minimum absolute atomic E-state index is 0. The van der Waals surface area contributed by atoms with Crippen molar-refractivity contribution in [1.29, 1.82) is 0 Å². The molecule has 0 aliphatic carbocycles. The van der Waals surface area contributed by atoms with Crippen molar-refractivity contribution < 1.29 is 234 Å². The van der Waals surface area contributed by atoms with Crippen molar-refractivity contribution in [3.8, 4) is 6.07 Å². The van der Waals surface area contributed by atoms with Crippen molar-refractivity contribution in [3.05, 3.63) is 175 Å². The number of rotatable bonds is 26. The number of cyclic esters (lactones) is 2. The second kappa shape index (κ2) is 60.2. The largest absolute Gasteiger partial charge is 0.498 e. The van der Waals surface area contributed by atoms with Gasteiger partial charge in [-0.05, 0) is 184 Å². The summed E-state index contributed by atoms with van der Waals surface area (Å²) in [6, 6.07) is 33.5. The smallest absolute Gasteiger partial charge is 0.311 e. The average Bonchev–Trinajstić information content (AvgIpc) is 0.793. The van der Waals surface area contributed by atoms with Crippen LogP contribution in [0.15, 0.2) is 112 Å². The van der Waals surface area contributed by atoms with Crippen LogP contribution in [-0.4, -0.2) is 292 Å². The van der Waals surface area contributed by atoms with Crippen LogP contribution in [0.1, 0.15) is 236 Å². The molecule has 8 heterocycles. The van der Waals surface area contributed by atoms with Crippen LogP contribution in [-0.2, 0) is 219 Å². The summed E-state index contributed by atoms with van der Waals surface area (Å²) in [5.74, 6) is -9.75. The standard InChI is InChI=1S/2C48H76N2O14.C9H9NO.3CH3.3Y/c1-13-36-48(10,57)41(53)28(4)38(51)26(2)23-46(8,56)43(29(5)40(30(6)44(55)61-36)62-37-24-47(9,58-12)42(54)31(7)60-37)63-45-39(52)35(21-27(3)59-45)50(11)25-34-22-33(49-64-34)20-19-32-17-15-14-16-18-32;1-13-36-48(10,57)41(53)28(4)38(51)26(2)22-46(8,56)43(29(5)40(30(6)44(55)62-36)63-37-23-47(9,58-12)42(54)31(7)61-37)64-45-39(52)35(21-27(3)60-45)50(11)24-33-25-59-49-34(33)20-19-32-17-15-14-16-18-32;11-10-8-4-7-9-5-2-1-3-6-9;;;;;;/h14-18,22,26-31,35-37,39-43,45,52-54,56-57H,13,19-21,23-25H2,1-12H3;14-18,25-31,35-37,39-43,45,52-54,56-57H,13,19-24H2,1-12H3;1-3,5-6H,4,7H2;3*1H3;;;/q;;;3*-1;;;/t2*26-,27-,28+,29+,30-,31+,35+,36-,37+,39-,40+,41-,42+,43-,45+,46-,47-,48-;;;;;;;/m11......./s1. The van der Waals surface area contributed by atoms with Gasteiger partial charge in [0.25, 0.3) is 6.07 Å². The number of ketones is 2. The SMILES string of the molecule is CC[C@H]1OC(=O)[C@H](C)[C@@H](O[C@H]2C[C@@](C)(OC)[C@@H](O)[C@H](C)O2)[C@H](C)[C@@H](O[C@@H]2O[C@H](C)C[C@H](N(C)Cc3cc(CCc4ccccc4)no3)[C@H]2O)[C@](C)(O)C[C@@H](C)C(=O)[C@H](C)[C@@H](O)[C@]1(C)O.CC[C@H]1OC(=O)[C@H](C)[C@@H](O[C@H]2C[C@@](C)(OC)[C@@H](O)[C@H](C)O2)[C@H](C)[C@@H](O[C@@H]2O[C@H](C)C[C@H](N(C)Cc3conc3CCc3ccccc3)[C@H]2O)[C@](C)(O)C[C@@H](C)C(=O)[C@H](C)[C@@H](O)[C@]1(C)O.[CH3-].[CH3-].[CH3-].[O-][N+]#CCCc1ccccc1.[Y].[Y].[Y]. The molecule has 3 radical (unpaired) electrons. The molecule has 0 spiro atoms. The minimum atomic E-state index is -2.02. The number of esters is 2. The van der Waals surface area contributed by atoms with Crippen LogP contribution in [0.5, 0.6) is 0 Å². The number of methoxy groups -OCH3 is 2. The summed E-state index contributed by atoms with van der Waals surface area (Å²) in [6.07, 6.45) is -15.0. The third-order valence-electron chi connectivity index (χ3n) is 30.0. The van der Waals surface area contributed by atoms with Gasteiger partial charge in [-0.2, -0.15) is 0 Å². The number of carbonyl (C=O) groups is 4. The maximum absolute atomic E-state index is 14.3. The predicted octanol–water partition coefficient (Wildman–Crippen LogP) is 12.1. The molecule has 2 aromatic heterocycles. The molecule has 6 aliphatic heterocycles. The van der Waals surface area contributed by atoms with Gasteiger partial charge in [0.1, 0.15) is 65.7 Å². The summed E-state index contributed by atoms with van der Waals surface area (Å²) >= 11 is 0. The molecule has 0 bridgehead atoms. The molecule has 6 saturated heterocycles. The Kier molecular flexibility index (Phi) is 56.2. The zero-order valence-electron chi connectivity index (χ0n) is 90.6. The number of aliphatic hydroxyl groups excluding tert-OH is 6. The third-order valence-corrected chi connectivity index (χ3v) is 30.0. The van der Waals surface area contributed by atoms with E-state index >= 15 is 0 Å². The Morgan fingerprint density at radius 2 is 0.855 bits per heavy atom. The van der Waals surface area contributed by atoms with Gasteiger partial charge in [-0.15, -0.1) is 0 Å². The summed E-state index contributed by atoms with van der Waals surface area (Å²) in [7, 11) is 6.73. The van der Waals surface area contributed by atoms with E-state index in [1.807, 2.05) is 111 Å². The van der Waals surface area contributed by atoms with Crippen LogP contribution in [0.25, 0.3) is 5.01 Å². The molecule has 813 valence electrons. The minimum Gasteiger partial charge on any atom is -0.498 e. The van der Waals surface area contributed by atoms with Gasteiger partial charge < -0.3 is 144 Å². The van der Waals surface area contributed by atoms with Crippen LogP contribution in [0.3, 0.4) is 0 Å². The van der Waals surface area contributed by atoms with Gasteiger partial charge in [0, 0.05) is 196 Å². The summed E-state index contributed by atoms with van der Waals surface area (Å²) in [5, 5.41) is 139. The molecule has 11 rings (SSSR count). The van der Waals surface area contributed by atoms with Gasteiger partial charge in [0.2, 0.25) is 0 Å². The van der Waals surface area contributed by atoms with Crippen LogP contribution < -0.4 is 0 Å². The molecule has 10 N–H and O–H groups in total. The molecule has 0 amide bonds. The quantitative estimate of drug-likeness (QED) is 0.0140. The topological polar surface area (TPSA) is 467 Å². The third kappa shape index (κ3) is 35.0. The number of Topliss-reactive ketones (excluding diaryl/α,β-unsaturated/α-hetero) is 2. The average molecular weight is 2270 g/mol. The molecule has 5 aromatic rings. The van der Waals surface area contributed by atoms with E-state index in [4.69, 9.17) is 65.9 Å². The monoisotopic (exact) mass is 2270 g/mol. The van der Waals surface area contributed by atoms with Gasteiger partial charge in [-0.25, -0.2) is 0 Å². The Hall–Kier alpha value is -3.92. The molecule has 145 heavy (non-hydrogen) atoms. The second-order valence-electron chi connectivity index (χ2n) is 41.6. The first-order chi connectivity index (χ1) is 65.3. The molecule has 37 heteroatoms. The molecular weight excluding hydrogens is 2100 g/mol. The normalized spacial score (nSPS) is 37.7. The van der Waals surface area contributed by atoms with Crippen LogP contribution in [0.2, 0.25) is 0 Å². The van der Waals surface area contributed by atoms with E-state index < -0.39 is 239 Å². The molecule has 0 unspecified atom stereocenters. The van der Waals surface area contributed by atoms with Crippen molar-refractivity contribution in [2.24, 2.45) is 47.3 Å². The molecular formula is C108H170N5O29Y3-3. The Morgan fingerprint density at radius 3 is 1.23 bits per heavy atom. The van der Waals surface area contributed by atoms with Crippen molar-refractivity contribution in [3.63, 3.8) is 0 Å². The van der Waals surface area contributed by atoms with Gasteiger partial charge in [-0.3, -0.25) is 29.0 Å². The summed E-state index contributed by atoms with van der Waals surface area (Å²) in [5.41, 5.74) is -3.83. The summed E-state index contributed by atoms with van der Waals surface area (Å²) in [4.78, 5) is 60.7. The number of aromatic nitrogens is 2. The Morgan fingerprint density at radius 1 is 0.483 bits per heavy atom. The van der Waals surface area contributed by atoms with Gasteiger partial charge in [0.05, 0.1) is 120 Å². The summed E-state index contributed by atoms with van der Waals surface area (Å²) < 4.78 is 86.7.